The minimum Gasteiger partial charge on any atom is -0.480 e. The van der Waals surface area contributed by atoms with E-state index in [9.17, 15) is 9.90 Å². The van der Waals surface area contributed by atoms with Crippen LogP contribution in [-0.2, 0) is 4.79 Å². The number of nitrogens with one attached hydrogen (secondary N) is 1. The number of carboxylic acids is 1. The summed E-state index contributed by atoms with van der Waals surface area (Å²) < 4.78 is 0. The number of hydrogen-bond acceptors (Lipinski definition) is 5. The van der Waals surface area contributed by atoms with Gasteiger partial charge in [0.05, 0.1) is 6.20 Å². The van der Waals surface area contributed by atoms with Gasteiger partial charge in [-0.2, -0.15) is 0 Å². The van der Waals surface area contributed by atoms with E-state index in [-0.39, 0.29) is 12.0 Å². The fourth-order valence-corrected chi connectivity index (χ4v) is 4.06. The zero-order chi connectivity index (χ0) is 15.3. The molecule has 0 bridgehead atoms. The van der Waals surface area contributed by atoms with Crippen molar-refractivity contribution in [3.63, 3.8) is 0 Å². The van der Waals surface area contributed by atoms with Crippen LogP contribution < -0.4 is 5.32 Å². The van der Waals surface area contributed by atoms with Crippen molar-refractivity contribution in [2.45, 2.75) is 56.1 Å². The van der Waals surface area contributed by atoms with E-state index in [4.69, 9.17) is 0 Å². The predicted molar refractivity (Wildman–Crippen MR) is 83.4 cm³/mol. The zero-order valence-electron chi connectivity index (χ0n) is 12.6. The molecule has 6 heteroatoms. The summed E-state index contributed by atoms with van der Waals surface area (Å²) >= 11 is 1.64. The number of carbonyl (C=O) groups is 1. The largest absolute Gasteiger partial charge is 0.480 e. The van der Waals surface area contributed by atoms with Crippen LogP contribution in [0.2, 0.25) is 0 Å². The van der Waals surface area contributed by atoms with Crippen molar-refractivity contribution in [2.75, 3.05) is 5.75 Å². The van der Waals surface area contributed by atoms with Crippen LogP contribution in [0.15, 0.2) is 23.6 Å². The Bertz CT molecular complexity index is 469. The fourth-order valence-electron chi connectivity index (χ4n) is 3.18. The molecular weight excluding hydrogens is 286 g/mol. The molecule has 2 unspecified atom stereocenters. The molecule has 0 aliphatic heterocycles. The SMILES string of the molecule is CC(C)NC1(C(=O)O)CCCC1CCSc1cnccn1. The lowest BCUT2D eigenvalue weighted by molar-refractivity contribution is -0.147. The monoisotopic (exact) mass is 309 g/mol. The fraction of sp³-hybridized carbons (Fsp3) is 0.667. The number of hydrogen-bond donors (Lipinski definition) is 2. The summed E-state index contributed by atoms with van der Waals surface area (Å²) in [5, 5.41) is 13.9. The first kappa shape index (κ1) is 16.2. The molecule has 1 fully saturated rings. The molecule has 0 saturated heterocycles. The summed E-state index contributed by atoms with van der Waals surface area (Å²) in [5.74, 6) is 0.350. The predicted octanol–water partition coefficient (Wildman–Crippen LogP) is 2.58. The van der Waals surface area contributed by atoms with Crippen LogP contribution in [0.3, 0.4) is 0 Å². The molecule has 1 aliphatic rings. The summed E-state index contributed by atoms with van der Waals surface area (Å²) in [7, 11) is 0. The lowest BCUT2D eigenvalue weighted by Crippen LogP contribution is -2.57. The van der Waals surface area contributed by atoms with Gasteiger partial charge in [0.25, 0.3) is 0 Å². The van der Waals surface area contributed by atoms with Gasteiger partial charge in [-0.3, -0.25) is 15.1 Å². The quantitative estimate of drug-likeness (QED) is 0.754. The zero-order valence-corrected chi connectivity index (χ0v) is 13.4. The molecule has 0 aromatic carbocycles. The molecule has 0 spiro atoms. The third kappa shape index (κ3) is 3.95. The second kappa shape index (κ2) is 7.22. The van der Waals surface area contributed by atoms with Gasteiger partial charge in [-0.1, -0.05) is 6.42 Å². The van der Waals surface area contributed by atoms with Gasteiger partial charge in [-0.05, 0) is 44.8 Å². The molecule has 2 rings (SSSR count). The number of aliphatic carboxylic acids is 1. The van der Waals surface area contributed by atoms with E-state index < -0.39 is 11.5 Å². The van der Waals surface area contributed by atoms with Crippen molar-refractivity contribution in [1.82, 2.24) is 15.3 Å². The average molecular weight is 309 g/mol. The van der Waals surface area contributed by atoms with Crippen LogP contribution >= 0.6 is 11.8 Å². The van der Waals surface area contributed by atoms with Gasteiger partial charge >= 0.3 is 5.97 Å². The first-order valence-corrected chi connectivity index (χ1v) is 8.43. The third-order valence-corrected chi connectivity index (χ3v) is 4.95. The second-order valence-electron chi connectivity index (χ2n) is 5.85. The molecule has 2 atom stereocenters. The Labute approximate surface area is 130 Å². The van der Waals surface area contributed by atoms with Crippen LogP contribution in [0.25, 0.3) is 0 Å². The summed E-state index contributed by atoms with van der Waals surface area (Å²) in [6.45, 7) is 4.02. The van der Waals surface area contributed by atoms with Gasteiger partial charge in [0.2, 0.25) is 0 Å². The molecule has 0 amide bonds. The molecule has 1 aromatic heterocycles. The van der Waals surface area contributed by atoms with Crippen LogP contribution in [0.4, 0.5) is 0 Å². The highest BCUT2D eigenvalue weighted by atomic mass is 32.2. The van der Waals surface area contributed by atoms with Crippen molar-refractivity contribution >= 4 is 17.7 Å². The van der Waals surface area contributed by atoms with Crippen molar-refractivity contribution in [2.24, 2.45) is 5.92 Å². The number of aromatic nitrogens is 2. The molecule has 1 aromatic rings. The van der Waals surface area contributed by atoms with Gasteiger partial charge in [0.1, 0.15) is 10.6 Å². The highest BCUT2D eigenvalue weighted by Crippen LogP contribution is 2.39. The Hall–Kier alpha value is -1.14. The number of thioether (sulfide) groups is 1. The Morgan fingerprint density at radius 3 is 3.00 bits per heavy atom. The van der Waals surface area contributed by atoms with E-state index in [1.54, 1.807) is 30.4 Å². The number of carboxylic acid groups (broad SMARTS) is 1. The highest BCUT2D eigenvalue weighted by Gasteiger charge is 2.48. The van der Waals surface area contributed by atoms with Gasteiger partial charge in [0, 0.05) is 18.4 Å². The van der Waals surface area contributed by atoms with Crippen LogP contribution in [0, 0.1) is 5.92 Å². The first-order chi connectivity index (χ1) is 10.0. The first-order valence-electron chi connectivity index (χ1n) is 7.44. The van der Waals surface area contributed by atoms with Crippen molar-refractivity contribution in [3.05, 3.63) is 18.6 Å². The highest BCUT2D eigenvalue weighted by molar-refractivity contribution is 7.99. The minimum atomic E-state index is -0.753. The molecular formula is C15H23N3O2S. The summed E-state index contributed by atoms with van der Waals surface area (Å²) in [5.41, 5.74) is -0.753. The maximum absolute atomic E-state index is 11.8. The second-order valence-corrected chi connectivity index (χ2v) is 6.96. The maximum Gasteiger partial charge on any atom is 0.324 e. The van der Waals surface area contributed by atoms with Crippen molar-refractivity contribution in [1.29, 1.82) is 0 Å². The van der Waals surface area contributed by atoms with Gasteiger partial charge in [-0.25, -0.2) is 4.98 Å². The molecule has 21 heavy (non-hydrogen) atoms. The van der Waals surface area contributed by atoms with E-state index in [0.717, 1.165) is 36.5 Å². The van der Waals surface area contributed by atoms with Gasteiger partial charge in [-0.15, -0.1) is 11.8 Å². The molecule has 2 N–H and O–H groups in total. The molecule has 1 saturated carbocycles. The van der Waals surface area contributed by atoms with E-state index in [1.807, 2.05) is 13.8 Å². The third-order valence-electron chi connectivity index (χ3n) is 4.00. The maximum atomic E-state index is 11.8. The summed E-state index contributed by atoms with van der Waals surface area (Å²) in [6.07, 6.45) is 8.65. The van der Waals surface area contributed by atoms with Crippen LogP contribution in [0.1, 0.15) is 39.5 Å². The lowest BCUT2D eigenvalue weighted by atomic mass is 9.84. The summed E-state index contributed by atoms with van der Waals surface area (Å²) in [6, 6.07) is 0.175. The normalized spacial score (nSPS) is 25.4. The number of rotatable bonds is 7. The van der Waals surface area contributed by atoms with Crippen molar-refractivity contribution < 1.29 is 9.90 Å². The lowest BCUT2D eigenvalue weighted by Gasteiger charge is -2.34. The smallest absolute Gasteiger partial charge is 0.324 e. The Kier molecular flexibility index (Phi) is 5.58. The van der Waals surface area contributed by atoms with E-state index in [0.29, 0.717) is 0 Å². The summed E-state index contributed by atoms with van der Waals surface area (Å²) in [4.78, 5) is 20.1. The topological polar surface area (TPSA) is 75.1 Å². The number of nitrogens with zero attached hydrogens (tertiary/aromatic N) is 2. The molecule has 0 radical (unpaired) electrons. The Balaban J connectivity index is 1.95. The van der Waals surface area contributed by atoms with Crippen LogP contribution in [0.5, 0.6) is 0 Å². The molecule has 116 valence electrons. The average Bonchev–Trinajstić information content (AvgIpc) is 2.83. The van der Waals surface area contributed by atoms with Gasteiger partial charge < -0.3 is 5.11 Å². The molecule has 1 aliphatic carbocycles. The van der Waals surface area contributed by atoms with Gasteiger partial charge in [0.15, 0.2) is 0 Å². The van der Waals surface area contributed by atoms with E-state index in [2.05, 4.69) is 15.3 Å². The Morgan fingerprint density at radius 1 is 1.57 bits per heavy atom. The molecule has 1 heterocycles. The van der Waals surface area contributed by atoms with Crippen molar-refractivity contribution in [3.8, 4) is 0 Å². The Morgan fingerprint density at radius 2 is 2.38 bits per heavy atom. The van der Waals surface area contributed by atoms with E-state index >= 15 is 0 Å². The standard InChI is InChI=1S/C15H23N3O2S/c1-11(2)18-15(14(19)20)6-3-4-12(15)5-9-21-13-10-16-7-8-17-13/h7-8,10-12,18H,3-6,9H2,1-2H3,(H,19,20). The molecule has 5 nitrogen and oxygen atoms in total. The van der Waals surface area contributed by atoms with Crippen LogP contribution in [-0.4, -0.2) is 38.4 Å². The van der Waals surface area contributed by atoms with E-state index in [1.165, 1.54) is 0 Å². The minimum absolute atomic E-state index is 0.175.